The van der Waals surface area contributed by atoms with Gasteiger partial charge < -0.3 is 5.32 Å². The van der Waals surface area contributed by atoms with Gasteiger partial charge in [-0.05, 0) is 23.4 Å². The maximum absolute atomic E-state index is 13.2. The third-order valence-corrected chi connectivity index (χ3v) is 6.24. The number of fused-ring (bicyclic) bond motifs is 1. The number of allylic oxidation sites excluding steroid dienone is 2. The highest BCUT2D eigenvalue weighted by molar-refractivity contribution is 7.10. The first-order chi connectivity index (χ1) is 13.6. The third kappa shape index (κ3) is 2.63. The van der Waals surface area contributed by atoms with Crippen molar-refractivity contribution in [1.82, 2.24) is 14.8 Å². The number of non-ortho nitro benzene ring substituents is 1. The molecule has 9 heteroatoms. The highest BCUT2D eigenvalue weighted by atomic mass is 32.1. The number of nitrogens with one attached hydrogen (secondary N) is 1. The summed E-state index contributed by atoms with van der Waals surface area (Å²) in [6, 6.07) is 9.89. The van der Waals surface area contributed by atoms with Crippen LogP contribution in [0, 0.1) is 10.1 Å². The number of Topliss-reactive ketones (excluding diaryl/α,β-unsaturated/α-hetero) is 1. The van der Waals surface area contributed by atoms with Crippen molar-refractivity contribution in [3.05, 3.63) is 79.9 Å². The van der Waals surface area contributed by atoms with Gasteiger partial charge in [0.1, 0.15) is 12.4 Å². The van der Waals surface area contributed by atoms with Gasteiger partial charge in [0, 0.05) is 40.6 Å². The number of nitro benzene ring substituents is 1. The number of hydrogen-bond donors (Lipinski definition) is 1. The van der Waals surface area contributed by atoms with E-state index in [0.29, 0.717) is 29.9 Å². The van der Waals surface area contributed by atoms with Crippen molar-refractivity contribution < 1.29 is 9.72 Å². The molecule has 0 saturated carbocycles. The number of aromatic nitrogens is 3. The lowest BCUT2D eigenvalue weighted by Crippen LogP contribution is -2.33. The Balaban J connectivity index is 1.63. The van der Waals surface area contributed by atoms with Crippen LogP contribution < -0.4 is 5.32 Å². The van der Waals surface area contributed by atoms with Gasteiger partial charge in [-0.2, -0.15) is 10.1 Å². The number of carbonyl (C=O) groups is 1. The number of rotatable bonds is 3. The average Bonchev–Trinajstić information content (AvgIpc) is 3.38. The minimum Gasteiger partial charge on any atom is -0.328 e. The smallest absolute Gasteiger partial charge is 0.269 e. The molecule has 3 aromatic rings. The summed E-state index contributed by atoms with van der Waals surface area (Å²) in [6.45, 7) is 0. The van der Waals surface area contributed by atoms with Crippen LogP contribution in [-0.2, 0) is 4.79 Å². The van der Waals surface area contributed by atoms with E-state index in [9.17, 15) is 14.9 Å². The SMILES string of the molecule is O=C1CC(c2cccs2)CC2=C1C(c1cccc([N+](=O)[O-])c1)n1ncnc1N2. The van der Waals surface area contributed by atoms with Crippen molar-refractivity contribution in [3.8, 4) is 0 Å². The van der Waals surface area contributed by atoms with E-state index < -0.39 is 11.0 Å². The van der Waals surface area contributed by atoms with E-state index in [-0.39, 0.29) is 17.4 Å². The zero-order valence-electron chi connectivity index (χ0n) is 14.6. The van der Waals surface area contributed by atoms with E-state index in [1.807, 2.05) is 11.4 Å². The molecule has 0 amide bonds. The molecule has 140 valence electrons. The van der Waals surface area contributed by atoms with Gasteiger partial charge in [-0.25, -0.2) is 4.68 Å². The van der Waals surface area contributed by atoms with Crippen molar-refractivity contribution in [1.29, 1.82) is 0 Å². The van der Waals surface area contributed by atoms with Crippen LogP contribution in [0.1, 0.15) is 35.2 Å². The van der Waals surface area contributed by atoms with E-state index in [1.165, 1.54) is 23.3 Å². The Kier molecular flexibility index (Phi) is 3.83. The lowest BCUT2D eigenvalue weighted by Gasteiger charge is -2.34. The molecule has 28 heavy (non-hydrogen) atoms. The number of nitro groups is 1. The lowest BCUT2D eigenvalue weighted by atomic mass is 9.80. The standard InChI is InChI=1S/C19H15N5O3S/c25-15-9-12(16-5-2-6-28-16)8-14-17(15)18(23-19(22-14)20-10-21-23)11-3-1-4-13(7-11)24(26)27/h1-7,10,12,18H,8-9H2,(H,20,21,22). The van der Waals surface area contributed by atoms with Gasteiger partial charge in [-0.1, -0.05) is 18.2 Å². The zero-order valence-corrected chi connectivity index (χ0v) is 15.4. The van der Waals surface area contributed by atoms with E-state index >= 15 is 0 Å². The number of ketones is 1. The minimum atomic E-state index is -0.523. The van der Waals surface area contributed by atoms with Crippen molar-refractivity contribution in [2.24, 2.45) is 0 Å². The van der Waals surface area contributed by atoms with E-state index in [2.05, 4.69) is 21.5 Å². The Morgan fingerprint density at radius 1 is 1.25 bits per heavy atom. The van der Waals surface area contributed by atoms with Gasteiger partial charge in [-0.3, -0.25) is 14.9 Å². The molecule has 2 aromatic heterocycles. The summed E-state index contributed by atoms with van der Waals surface area (Å²) in [5.74, 6) is 0.693. The molecule has 0 fully saturated rings. The second-order valence-corrected chi connectivity index (χ2v) is 7.82. The summed E-state index contributed by atoms with van der Waals surface area (Å²) in [5.41, 5.74) is 2.08. The van der Waals surface area contributed by atoms with Crippen molar-refractivity contribution in [2.75, 3.05) is 5.32 Å². The Hall–Kier alpha value is -3.33. The van der Waals surface area contributed by atoms with Crippen LogP contribution >= 0.6 is 11.3 Å². The minimum absolute atomic E-state index is 0.0143. The summed E-state index contributed by atoms with van der Waals surface area (Å²) in [5, 5.41) is 20.8. The molecule has 0 bridgehead atoms. The Morgan fingerprint density at radius 2 is 2.14 bits per heavy atom. The summed E-state index contributed by atoms with van der Waals surface area (Å²) < 4.78 is 1.63. The number of thiophene rings is 1. The molecule has 5 rings (SSSR count). The monoisotopic (exact) mass is 393 g/mol. The summed E-state index contributed by atoms with van der Waals surface area (Å²) >= 11 is 1.65. The van der Waals surface area contributed by atoms with Gasteiger partial charge >= 0.3 is 0 Å². The molecule has 1 aliphatic carbocycles. The van der Waals surface area contributed by atoms with Crippen molar-refractivity contribution >= 4 is 28.8 Å². The number of anilines is 1. The fourth-order valence-corrected chi connectivity index (χ4v) is 4.82. The number of hydrogen-bond acceptors (Lipinski definition) is 7. The van der Waals surface area contributed by atoms with Crippen LogP contribution in [0.2, 0.25) is 0 Å². The topological polar surface area (TPSA) is 103 Å². The largest absolute Gasteiger partial charge is 0.328 e. The van der Waals surface area contributed by atoms with Gasteiger partial charge in [0.15, 0.2) is 5.78 Å². The second-order valence-electron chi connectivity index (χ2n) is 6.84. The van der Waals surface area contributed by atoms with E-state index in [0.717, 1.165) is 5.70 Å². The van der Waals surface area contributed by atoms with Crippen LogP contribution in [0.3, 0.4) is 0 Å². The summed E-state index contributed by atoms with van der Waals surface area (Å²) in [6.07, 6.45) is 2.53. The molecule has 1 aromatic carbocycles. The summed E-state index contributed by atoms with van der Waals surface area (Å²) in [7, 11) is 0. The molecule has 0 radical (unpaired) electrons. The van der Waals surface area contributed by atoms with Crippen LogP contribution in [0.5, 0.6) is 0 Å². The molecule has 2 unspecified atom stereocenters. The predicted octanol–water partition coefficient (Wildman–Crippen LogP) is 3.66. The Labute approximate surface area is 163 Å². The van der Waals surface area contributed by atoms with Crippen molar-refractivity contribution in [3.63, 3.8) is 0 Å². The lowest BCUT2D eigenvalue weighted by molar-refractivity contribution is -0.384. The quantitative estimate of drug-likeness (QED) is 0.538. The molecule has 0 spiro atoms. The molecule has 2 atom stereocenters. The first-order valence-corrected chi connectivity index (χ1v) is 9.70. The normalized spacial score (nSPS) is 21.1. The van der Waals surface area contributed by atoms with Gasteiger partial charge in [-0.15, -0.1) is 11.3 Å². The van der Waals surface area contributed by atoms with E-state index in [1.54, 1.807) is 28.2 Å². The molecule has 2 aliphatic rings. The number of nitrogens with zero attached hydrogens (tertiary/aromatic N) is 4. The maximum Gasteiger partial charge on any atom is 0.269 e. The second kappa shape index (κ2) is 6.38. The van der Waals surface area contributed by atoms with Gasteiger partial charge in [0.25, 0.3) is 5.69 Å². The molecule has 0 saturated heterocycles. The van der Waals surface area contributed by atoms with Crippen molar-refractivity contribution in [2.45, 2.75) is 24.8 Å². The molecular weight excluding hydrogens is 378 g/mol. The molecule has 1 N–H and O–H groups in total. The average molecular weight is 393 g/mol. The predicted molar refractivity (Wildman–Crippen MR) is 103 cm³/mol. The van der Waals surface area contributed by atoms with Gasteiger partial charge in [0.05, 0.1) is 4.92 Å². The Bertz CT molecular complexity index is 1120. The zero-order chi connectivity index (χ0) is 19.3. The highest BCUT2D eigenvalue weighted by Crippen LogP contribution is 2.44. The molecule has 8 nitrogen and oxygen atoms in total. The van der Waals surface area contributed by atoms with E-state index in [4.69, 9.17) is 0 Å². The molecule has 1 aliphatic heterocycles. The molecule has 3 heterocycles. The third-order valence-electron chi connectivity index (χ3n) is 5.20. The number of benzene rings is 1. The van der Waals surface area contributed by atoms with Crippen LogP contribution in [0.25, 0.3) is 0 Å². The number of carbonyl (C=O) groups excluding carboxylic acids is 1. The molecular formula is C19H15N5O3S. The van der Waals surface area contributed by atoms with Gasteiger partial charge in [0.2, 0.25) is 5.95 Å². The summed E-state index contributed by atoms with van der Waals surface area (Å²) in [4.78, 5) is 29.4. The fourth-order valence-electron chi connectivity index (χ4n) is 3.99. The maximum atomic E-state index is 13.2. The van der Waals surface area contributed by atoms with Crippen LogP contribution in [-0.4, -0.2) is 25.5 Å². The van der Waals surface area contributed by atoms with Crippen LogP contribution in [0.15, 0.2) is 59.4 Å². The fraction of sp³-hybridized carbons (Fsp3) is 0.211. The Morgan fingerprint density at radius 3 is 2.93 bits per heavy atom. The first kappa shape index (κ1) is 16.8. The first-order valence-electron chi connectivity index (χ1n) is 8.82. The van der Waals surface area contributed by atoms with Crippen LogP contribution in [0.4, 0.5) is 11.6 Å². The highest BCUT2D eigenvalue weighted by Gasteiger charge is 2.39.